The van der Waals surface area contributed by atoms with E-state index >= 15 is 0 Å². The van der Waals surface area contributed by atoms with Crippen LogP contribution in [0.15, 0.2) is 17.2 Å². The minimum Gasteiger partial charge on any atom is -0.380 e. The summed E-state index contributed by atoms with van der Waals surface area (Å²) in [5, 5.41) is 0. The summed E-state index contributed by atoms with van der Waals surface area (Å²) in [6.45, 7) is 8.50. The molecule has 0 aliphatic rings. The van der Waals surface area contributed by atoms with Crippen LogP contribution >= 0.6 is 0 Å². The Hall–Kier alpha value is -0.890. The van der Waals surface area contributed by atoms with Gasteiger partial charge in [-0.1, -0.05) is 20.8 Å². The molecular weight excluding hydrogens is 290 g/mol. The van der Waals surface area contributed by atoms with Crippen molar-refractivity contribution in [2.24, 2.45) is 11.7 Å². The molecule has 6 nitrogen and oxygen atoms in total. The lowest BCUT2D eigenvalue weighted by atomic mass is 10.2. The summed E-state index contributed by atoms with van der Waals surface area (Å²) < 4.78 is 34.2. The van der Waals surface area contributed by atoms with Crippen LogP contribution in [0.4, 0.5) is 0 Å². The normalized spacial score (nSPS) is 12.2. The van der Waals surface area contributed by atoms with Crippen molar-refractivity contribution < 1.29 is 13.2 Å². The summed E-state index contributed by atoms with van der Waals surface area (Å²) in [5.41, 5.74) is 6.48. The fourth-order valence-corrected chi connectivity index (χ4v) is 3.02. The third kappa shape index (κ3) is 5.78. The van der Waals surface area contributed by atoms with Gasteiger partial charge in [-0.05, 0) is 18.4 Å². The minimum atomic E-state index is -3.50. The molecule has 3 N–H and O–H groups in total. The van der Waals surface area contributed by atoms with E-state index in [1.165, 1.54) is 0 Å². The summed E-state index contributed by atoms with van der Waals surface area (Å²) in [6.07, 6.45) is 2.57. The van der Waals surface area contributed by atoms with Crippen LogP contribution in [0.2, 0.25) is 0 Å². The second-order valence-corrected chi connectivity index (χ2v) is 7.20. The Labute approximate surface area is 127 Å². The predicted molar refractivity (Wildman–Crippen MR) is 83.5 cm³/mol. The average molecular weight is 317 g/mol. The summed E-state index contributed by atoms with van der Waals surface area (Å²) in [4.78, 5) is 0.264. The van der Waals surface area contributed by atoms with Gasteiger partial charge < -0.3 is 15.0 Å². The summed E-state index contributed by atoms with van der Waals surface area (Å²) in [5.74, 6) is 0.441. The van der Waals surface area contributed by atoms with Crippen molar-refractivity contribution >= 4 is 10.0 Å². The van der Waals surface area contributed by atoms with Crippen molar-refractivity contribution in [3.63, 3.8) is 0 Å². The highest BCUT2D eigenvalue weighted by atomic mass is 32.2. The molecule has 0 bridgehead atoms. The molecule has 122 valence electrons. The van der Waals surface area contributed by atoms with Crippen LogP contribution in [-0.4, -0.2) is 32.7 Å². The van der Waals surface area contributed by atoms with Gasteiger partial charge in [0.05, 0.1) is 11.5 Å². The Balaban J connectivity index is 2.61. The zero-order chi connectivity index (χ0) is 15.9. The van der Waals surface area contributed by atoms with Gasteiger partial charge in [-0.25, -0.2) is 13.1 Å². The lowest BCUT2D eigenvalue weighted by Gasteiger charge is -2.08. The third-order valence-corrected chi connectivity index (χ3v) is 4.36. The van der Waals surface area contributed by atoms with Gasteiger partial charge in [0.15, 0.2) is 0 Å². The van der Waals surface area contributed by atoms with Gasteiger partial charge in [-0.3, -0.25) is 0 Å². The van der Waals surface area contributed by atoms with Gasteiger partial charge in [-0.15, -0.1) is 0 Å². The Morgan fingerprint density at radius 1 is 1.43 bits per heavy atom. The molecule has 0 saturated heterocycles. The van der Waals surface area contributed by atoms with Crippen LogP contribution in [0, 0.1) is 5.92 Å². The molecule has 0 aliphatic carbocycles. The maximum absolute atomic E-state index is 12.2. The molecule has 1 heterocycles. The van der Waals surface area contributed by atoms with E-state index in [0.717, 1.165) is 18.7 Å². The first kappa shape index (κ1) is 18.2. The third-order valence-electron chi connectivity index (χ3n) is 2.93. The molecule has 1 aromatic rings. The van der Waals surface area contributed by atoms with Crippen molar-refractivity contribution in [3.05, 3.63) is 18.0 Å². The van der Waals surface area contributed by atoms with Crippen LogP contribution < -0.4 is 10.5 Å². The summed E-state index contributed by atoms with van der Waals surface area (Å²) in [6, 6.07) is 1.63. The standard InChI is InChI=1S/C14H27N3O3S/c1-4-6-17-10-14(8-13(17)9-15)21(18,19)16-5-7-20-11-12(2)3/h8,10,12,16H,4-7,9,11,15H2,1-3H3. The van der Waals surface area contributed by atoms with Gasteiger partial charge in [0.25, 0.3) is 0 Å². The van der Waals surface area contributed by atoms with Gasteiger partial charge in [0.2, 0.25) is 10.0 Å². The minimum absolute atomic E-state index is 0.264. The first-order valence-electron chi connectivity index (χ1n) is 7.37. The van der Waals surface area contributed by atoms with Crippen molar-refractivity contribution in [1.29, 1.82) is 0 Å². The first-order valence-corrected chi connectivity index (χ1v) is 8.85. The average Bonchev–Trinajstić information content (AvgIpc) is 2.82. The van der Waals surface area contributed by atoms with Gasteiger partial charge in [0.1, 0.15) is 0 Å². The Morgan fingerprint density at radius 3 is 2.71 bits per heavy atom. The van der Waals surface area contributed by atoms with E-state index < -0.39 is 10.0 Å². The monoisotopic (exact) mass is 317 g/mol. The smallest absolute Gasteiger partial charge is 0.242 e. The van der Waals surface area contributed by atoms with E-state index in [1.807, 2.05) is 11.5 Å². The van der Waals surface area contributed by atoms with E-state index in [2.05, 4.69) is 18.6 Å². The Morgan fingerprint density at radius 2 is 2.14 bits per heavy atom. The molecule has 7 heteroatoms. The number of sulfonamides is 1. The van der Waals surface area contributed by atoms with Gasteiger partial charge >= 0.3 is 0 Å². The van der Waals surface area contributed by atoms with Crippen LogP contribution in [0.25, 0.3) is 0 Å². The van der Waals surface area contributed by atoms with Gasteiger partial charge in [-0.2, -0.15) is 0 Å². The number of hydrogen-bond acceptors (Lipinski definition) is 4. The van der Waals surface area contributed by atoms with Crippen LogP contribution in [0.5, 0.6) is 0 Å². The summed E-state index contributed by atoms with van der Waals surface area (Å²) >= 11 is 0. The Kier molecular flexibility index (Phi) is 7.37. The molecule has 0 spiro atoms. The van der Waals surface area contributed by atoms with Gasteiger partial charge in [0, 0.05) is 38.1 Å². The molecule has 21 heavy (non-hydrogen) atoms. The molecule has 1 rings (SSSR count). The van der Waals surface area contributed by atoms with E-state index in [0.29, 0.717) is 25.7 Å². The van der Waals surface area contributed by atoms with Crippen molar-refractivity contribution in [1.82, 2.24) is 9.29 Å². The molecule has 0 atom stereocenters. The molecular formula is C14H27N3O3S. The zero-order valence-electron chi connectivity index (χ0n) is 13.1. The number of nitrogens with zero attached hydrogens (tertiary/aromatic N) is 1. The van der Waals surface area contributed by atoms with E-state index in [9.17, 15) is 8.42 Å². The molecule has 0 fully saturated rings. The fourth-order valence-electron chi connectivity index (χ4n) is 1.94. The molecule has 0 aromatic carbocycles. The maximum atomic E-state index is 12.2. The predicted octanol–water partition coefficient (Wildman–Crippen LogP) is 1.31. The molecule has 0 amide bonds. The number of aryl methyl sites for hydroxylation is 1. The number of nitrogens with one attached hydrogen (secondary N) is 1. The second kappa shape index (κ2) is 8.53. The quantitative estimate of drug-likeness (QED) is 0.637. The van der Waals surface area contributed by atoms with Crippen LogP contribution in [0.1, 0.15) is 32.9 Å². The molecule has 0 radical (unpaired) electrons. The lowest BCUT2D eigenvalue weighted by Crippen LogP contribution is -2.27. The van der Waals surface area contributed by atoms with Crippen LogP contribution in [0.3, 0.4) is 0 Å². The molecule has 0 aliphatic heterocycles. The highest BCUT2D eigenvalue weighted by Gasteiger charge is 2.17. The number of aromatic nitrogens is 1. The number of nitrogens with two attached hydrogens (primary N) is 1. The maximum Gasteiger partial charge on any atom is 0.242 e. The summed E-state index contributed by atoms with van der Waals surface area (Å²) in [7, 11) is -3.50. The van der Waals surface area contributed by atoms with E-state index in [4.69, 9.17) is 10.5 Å². The molecule has 0 unspecified atom stereocenters. The second-order valence-electron chi connectivity index (χ2n) is 5.43. The van der Waals surface area contributed by atoms with E-state index in [-0.39, 0.29) is 11.4 Å². The fraction of sp³-hybridized carbons (Fsp3) is 0.714. The zero-order valence-corrected chi connectivity index (χ0v) is 13.9. The van der Waals surface area contributed by atoms with E-state index in [1.54, 1.807) is 12.3 Å². The van der Waals surface area contributed by atoms with Crippen molar-refractivity contribution in [2.75, 3.05) is 19.8 Å². The van der Waals surface area contributed by atoms with Crippen LogP contribution in [-0.2, 0) is 27.8 Å². The highest BCUT2D eigenvalue weighted by Crippen LogP contribution is 2.14. The lowest BCUT2D eigenvalue weighted by molar-refractivity contribution is 0.114. The topological polar surface area (TPSA) is 86.3 Å². The molecule has 1 aromatic heterocycles. The van der Waals surface area contributed by atoms with Crippen molar-refractivity contribution in [3.8, 4) is 0 Å². The molecule has 0 saturated carbocycles. The highest BCUT2D eigenvalue weighted by molar-refractivity contribution is 7.89. The largest absolute Gasteiger partial charge is 0.380 e. The number of ether oxygens (including phenoxy) is 1. The number of rotatable bonds is 10. The number of hydrogen-bond donors (Lipinski definition) is 2. The first-order chi connectivity index (χ1) is 9.90. The SMILES string of the molecule is CCCn1cc(S(=O)(=O)NCCOCC(C)C)cc1CN. The Bertz CT molecular complexity index is 524. The van der Waals surface area contributed by atoms with Crippen molar-refractivity contribution in [2.45, 2.75) is 45.2 Å².